The van der Waals surface area contributed by atoms with Gasteiger partial charge in [-0.2, -0.15) is 18.4 Å². The molecule has 0 N–H and O–H groups in total. The Labute approximate surface area is 299 Å². The highest BCUT2D eigenvalue weighted by Gasteiger charge is 2.51. The van der Waals surface area contributed by atoms with Gasteiger partial charge in [0.05, 0.1) is 87.6 Å². The van der Waals surface area contributed by atoms with E-state index in [2.05, 4.69) is 0 Å². The Bertz CT molecular complexity index is 1620. The van der Waals surface area contributed by atoms with Crippen LogP contribution in [0, 0.1) is 29.1 Å². The zero-order valence-corrected chi connectivity index (χ0v) is 29.2. The molecule has 4 aliphatic carbocycles. The van der Waals surface area contributed by atoms with Crippen LogP contribution in [0.2, 0.25) is 0 Å². The Morgan fingerprint density at radius 1 is 0.863 bits per heavy atom. The van der Waals surface area contributed by atoms with Crippen molar-refractivity contribution in [3.63, 3.8) is 0 Å². The fourth-order valence-corrected chi connectivity index (χ4v) is 8.82. The van der Waals surface area contributed by atoms with E-state index in [1.54, 1.807) is 6.07 Å². The van der Waals surface area contributed by atoms with Crippen molar-refractivity contribution in [1.29, 1.82) is 5.26 Å². The Morgan fingerprint density at radius 2 is 1.47 bits per heavy atom. The van der Waals surface area contributed by atoms with Crippen molar-refractivity contribution in [2.75, 3.05) is 59.9 Å². The first kappa shape index (κ1) is 37.2. The molecule has 0 unspecified atom stereocenters. The van der Waals surface area contributed by atoms with Crippen LogP contribution in [-0.4, -0.2) is 81.6 Å². The predicted octanol–water partition coefficient (Wildman–Crippen LogP) is 7.45. The van der Waals surface area contributed by atoms with E-state index in [0.29, 0.717) is 51.3 Å². The van der Waals surface area contributed by atoms with Crippen LogP contribution >= 0.6 is 11.8 Å². The highest BCUT2D eigenvalue weighted by atomic mass is 32.2. The number of nitriles is 1. The quantitative estimate of drug-likeness (QED) is 0.120. The van der Waals surface area contributed by atoms with Gasteiger partial charge in [0.1, 0.15) is 5.75 Å². The summed E-state index contributed by atoms with van der Waals surface area (Å²) in [5.41, 5.74) is -0.707. The summed E-state index contributed by atoms with van der Waals surface area (Å²) in [4.78, 5) is 26.8. The van der Waals surface area contributed by atoms with Gasteiger partial charge in [0.2, 0.25) is 0 Å². The van der Waals surface area contributed by atoms with Crippen molar-refractivity contribution in [2.45, 2.75) is 50.3 Å². The fourth-order valence-electron chi connectivity index (χ4n) is 7.95. The molecule has 7 rings (SSSR count). The number of thioether (sulfide) groups is 1. The molecule has 4 saturated carbocycles. The monoisotopic (exact) mass is 730 g/mol. The summed E-state index contributed by atoms with van der Waals surface area (Å²) >= 11 is 0.774. The number of amides is 2. The molecular formula is C37H41F3N2O8S. The third kappa shape index (κ3) is 9.25. The Morgan fingerprint density at radius 3 is 2.08 bits per heavy atom. The molecule has 14 heteroatoms. The van der Waals surface area contributed by atoms with Gasteiger partial charge in [0.15, 0.2) is 11.5 Å². The summed E-state index contributed by atoms with van der Waals surface area (Å²) in [5.74, 6) is 1.67. The molecule has 0 atom stereocenters. The first-order chi connectivity index (χ1) is 24.6. The topological polar surface area (TPSA) is 117 Å². The highest BCUT2D eigenvalue weighted by molar-refractivity contribution is 8.18. The van der Waals surface area contributed by atoms with E-state index >= 15 is 0 Å². The number of nitrogens with zero attached hydrogens (tertiary/aromatic N) is 2. The summed E-state index contributed by atoms with van der Waals surface area (Å²) in [6.07, 6.45) is 4.56. The Hall–Kier alpha value is -3.61. The number of rotatable bonds is 17. The minimum atomic E-state index is -4.75. The second-order valence-corrected chi connectivity index (χ2v) is 14.4. The van der Waals surface area contributed by atoms with Crippen LogP contribution in [-0.2, 0) is 29.9 Å². The normalized spacial score (nSPS) is 24.8. The van der Waals surface area contributed by atoms with E-state index in [0.717, 1.165) is 40.5 Å². The zero-order chi connectivity index (χ0) is 36.0. The lowest BCUT2D eigenvalue weighted by atomic mass is 9.54. The van der Waals surface area contributed by atoms with Gasteiger partial charge in [0.25, 0.3) is 11.1 Å². The summed E-state index contributed by atoms with van der Waals surface area (Å²) in [7, 11) is 1.32. The number of imide groups is 1. The number of hydrogen-bond acceptors (Lipinski definition) is 10. The number of ether oxygens (including phenoxy) is 6. The highest BCUT2D eigenvalue weighted by Crippen LogP contribution is 2.57. The van der Waals surface area contributed by atoms with E-state index in [1.807, 2.05) is 0 Å². The third-order valence-electron chi connectivity index (χ3n) is 9.81. The van der Waals surface area contributed by atoms with Crippen LogP contribution in [0.25, 0.3) is 6.08 Å². The van der Waals surface area contributed by atoms with Crippen molar-refractivity contribution >= 4 is 29.0 Å². The van der Waals surface area contributed by atoms with E-state index in [9.17, 15) is 22.8 Å². The molecule has 1 aliphatic heterocycles. The maximum atomic E-state index is 13.6. The van der Waals surface area contributed by atoms with E-state index in [1.165, 1.54) is 76.0 Å². The lowest BCUT2D eigenvalue weighted by Gasteiger charge is -2.56. The maximum Gasteiger partial charge on any atom is 0.420 e. The van der Waals surface area contributed by atoms with Crippen molar-refractivity contribution in [3.05, 3.63) is 58.0 Å². The smallest absolute Gasteiger partial charge is 0.420 e. The van der Waals surface area contributed by atoms with Crippen molar-refractivity contribution in [1.82, 2.24) is 4.90 Å². The van der Waals surface area contributed by atoms with Crippen LogP contribution in [0.5, 0.6) is 17.2 Å². The van der Waals surface area contributed by atoms with Gasteiger partial charge in [-0.1, -0.05) is 6.07 Å². The Balaban J connectivity index is 0.881. The van der Waals surface area contributed by atoms with Crippen LogP contribution in [0.1, 0.15) is 55.2 Å². The second kappa shape index (κ2) is 16.4. The molecule has 274 valence electrons. The molecule has 51 heavy (non-hydrogen) atoms. The molecule has 0 spiro atoms. The minimum absolute atomic E-state index is 0.0105. The van der Waals surface area contributed by atoms with Gasteiger partial charge in [-0.25, -0.2) is 0 Å². The molecule has 4 bridgehead atoms. The number of halogens is 3. The largest absolute Gasteiger partial charge is 0.493 e. The molecule has 5 fully saturated rings. The number of carbonyl (C=O) groups is 2. The maximum absolute atomic E-state index is 13.6. The molecule has 1 heterocycles. The summed E-state index contributed by atoms with van der Waals surface area (Å²) in [6, 6.07) is 9.08. The number of methoxy groups -OCH3 is 1. The van der Waals surface area contributed by atoms with E-state index < -0.39 is 28.6 Å². The predicted molar refractivity (Wildman–Crippen MR) is 181 cm³/mol. The molecular weight excluding hydrogens is 689 g/mol. The van der Waals surface area contributed by atoms with Crippen LogP contribution in [0.3, 0.4) is 0 Å². The first-order valence-corrected chi connectivity index (χ1v) is 18.0. The van der Waals surface area contributed by atoms with Gasteiger partial charge in [0, 0.05) is 0 Å². The molecule has 0 radical (unpaired) electrons. The lowest BCUT2D eigenvalue weighted by molar-refractivity contribution is -0.169. The number of carbonyl (C=O) groups excluding carboxylic acids is 2. The van der Waals surface area contributed by atoms with Crippen molar-refractivity contribution in [2.24, 2.45) is 17.8 Å². The van der Waals surface area contributed by atoms with Gasteiger partial charge in [-0.3, -0.25) is 14.5 Å². The number of hydrogen-bond donors (Lipinski definition) is 0. The molecule has 2 amide bonds. The SMILES string of the molecule is COc1cc(/C=C2\SC(=O)N(CCOCCOCCOCCOC34CC5CC(CC(C5)C3)C4)C2=O)ccc1Oc1ccc(C#N)cc1C(F)(F)F. The van der Waals surface area contributed by atoms with E-state index in [-0.39, 0.29) is 40.7 Å². The fraction of sp³-hybridized carbons (Fsp3) is 0.541. The molecule has 1 saturated heterocycles. The molecule has 0 aromatic heterocycles. The van der Waals surface area contributed by atoms with Gasteiger partial charge < -0.3 is 28.4 Å². The first-order valence-electron chi connectivity index (χ1n) is 17.2. The van der Waals surface area contributed by atoms with Crippen LogP contribution in [0.15, 0.2) is 41.3 Å². The number of alkyl halides is 3. The summed E-state index contributed by atoms with van der Waals surface area (Å²) in [5, 5.41) is 8.56. The van der Waals surface area contributed by atoms with Gasteiger partial charge >= 0.3 is 6.18 Å². The van der Waals surface area contributed by atoms with Crippen molar-refractivity contribution in [3.8, 4) is 23.3 Å². The van der Waals surface area contributed by atoms with Gasteiger partial charge in [-0.05, 0) is 110 Å². The third-order valence-corrected chi connectivity index (χ3v) is 10.7. The molecule has 5 aliphatic rings. The van der Waals surface area contributed by atoms with E-state index in [4.69, 9.17) is 33.7 Å². The lowest BCUT2D eigenvalue weighted by Crippen LogP contribution is -2.52. The van der Waals surface area contributed by atoms with Gasteiger partial charge in [-0.15, -0.1) is 0 Å². The molecule has 2 aromatic carbocycles. The molecule has 10 nitrogen and oxygen atoms in total. The second-order valence-electron chi connectivity index (χ2n) is 13.5. The van der Waals surface area contributed by atoms with Crippen molar-refractivity contribution < 1.29 is 51.2 Å². The molecule has 2 aromatic rings. The number of benzene rings is 2. The summed E-state index contributed by atoms with van der Waals surface area (Å²) in [6.45, 7) is 2.90. The standard InChI is InChI=1S/C37H41F3N2O8S/c1-45-32-18-24(2-5-31(32)50-30-4-3-25(23-41)17-29(30)37(38,39)40)19-33-34(43)42(35(44)51-33)6-7-46-8-9-47-10-11-48-12-13-49-36-20-26-14-27(21-36)16-28(15-26)22-36/h2-5,17-19,26-28H,6-16,20-22H2,1H3/b33-19-. The van der Waals surface area contributed by atoms with Crippen LogP contribution < -0.4 is 9.47 Å². The van der Waals surface area contributed by atoms with Crippen LogP contribution in [0.4, 0.5) is 18.0 Å². The summed E-state index contributed by atoms with van der Waals surface area (Å²) < 4.78 is 74.9. The zero-order valence-electron chi connectivity index (χ0n) is 28.4. The Kier molecular flexibility index (Phi) is 11.9. The average molecular weight is 731 g/mol. The minimum Gasteiger partial charge on any atom is -0.493 e. The average Bonchev–Trinajstić information content (AvgIpc) is 3.35.